The van der Waals surface area contributed by atoms with E-state index < -0.39 is 5.91 Å². The van der Waals surface area contributed by atoms with Crippen LogP contribution in [0.4, 0.5) is 0 Å². The molecule has 0 saturated carbocycles. The predicted molar refractivity (Wildman–Crippen MR) is 56.9 cm³/mol. The number of benzene rings is 1. The van der Waals surface area contributed by atoms with Crippen LogP contribution in [0.3, 0.4) is 0 Å². The van der Waals surface area contributed by atoms with Gasteiger partial charge in [-0.05, 0) is 24.3 Å². The molecule has 0 radical (unpaired) electrons. The Hall–Kier alpha value is -2.30. The molecule has 0 aliphatic rings. The van der Waals surface area contributed by atoms with E-state index in [1.807, 2.05) is 0 Å². The molecule has 1 aromatic carbocycles. The lowest BCUT2D eigenvalue weighted by atomic mass is 10.1. The van der Waals surface area contributed by atoms with Gasteiger partial charge in [0.05, 0.1) is 0 Å². The van der Waals surface area contributed by atoms with Crippen LogP contribution in [0.2, 0.25) is 0 Å². The summed E-state index contributed by atoms with van der Waals surface area (Å²) in [7, 11) is 0. The first-order chi connectivity index (χ1) is 7.58. The van der Waals surface area contributed by atoms with E-state index in [9.17, 15) is 4.79 Å². The van der Waals surface area contributed by atoms with Crippen LogP contribution in [-0.2, 0) is 0 Å². The van der Waals surface area contributed by atoms with Crippen molar-refractivity contribution in [1.82, 2.24) is 4.98 Å². The van der Waals surface area contributed by atoms with Gasteiger partial charge < -0.3 is 15.3 Å². The third kappa shape index (κ3) is 1.75. The van der Waals surface area contributed by atoms with Crippen molar-refractivity contribution in [3.05, 3.63) is 35.9 Å². The molecule has 0 aliphatic carbocycles. The van der Waals surface area contributed by atoms with Crippen molar-refractivity contribution in [2.45, 2.75) is 6.92 Å². The number of phenols is 1. The van der Waals surface area contributed by atoms with E-state index in [1.54, 1.807) is 19.1 Å². The molecule has 82 valence electrons. The van der Waals surface area contributed by atoms with Crippen molar-refractivity contribution in [2.75, 3.05) is 0 Å². The van der Waals surface area contributed by atoms with Gasteiger partial charge in [-0.25, -0.2) is 4.98 Å². The number of hydrogen-bond donors (Lipinski definition) is 2. The van der Waals surface area contributed by atoms with Gasteiger partial charge in [0.25, 0.3) is 5.91 Å². The second-order valence-corrected chi connectivity index (χ2v) is 3.32. The summed E-state index contributed by atoms with van der Waals surface area (Å²) in [6.07, 6.45) is 0. The first-order valence-corrected chi connectivity index (χ1v) is 4.64. The standard InChI is InChI=1S/C11H10N2O3/c1-6-13-9(11(12)15)10(16-6)7-2-4-8(14)5-3-7/h2-5,14H,1H3,(H2,12,15). The monoisotopic (exact) mass is 218 g/mol. The quantitative estimate of drug-likeness (QED) is 0.798. The second kappa shape index (κ2) is 3.69. The molecule has 0 bridgehead atoms. The number of carbonyl (C=O) groups is 1. The number of aromatic nitrogens is 1. The maximum absolute atomic E-state index is 11.1. The number of nitrogens with two attached hydrogens (primary N) is 1. The lowest BCUT2D eigenvalue weighted by molar-refractivity contribution is 0.0996. The molecule has 5 nitrogen and oxygen atoms in total. The molecule has 0 spiro atoms. The molecule has 0 atom stereocenters. The minimum Gasteiger partial charge on any atom is -0.508 e. The molecule has 0 unspecified atom stereocenters. The number of aryl methyl sites for hydroxylation is 1. The highest BCUT2D eigenvalue weighted by atomic mass is 16.4. The van der Waals surface area contributed by atoms with E-state index in [0.29, 0.717) is 17.2 Å². The summed E-state index contributed by atoms with van der Waals surface area (Å²) < 4.78 is 5.31. The number of rotatable bonds is 2. The number of amides is 1. The van der Waals surface area contributed by atoms with Crippen LogP contribution >= 0.6 is 0 Å². The fourth-order valence-electron chi connectivity index (χ4n) is 1.40. The highest BCUT2D eigenvalue weighted by Gasteiger charge is 2.17. The van der Waals surface area contributed by atoms with Crippen LogP contribution in [0.5, 0.6) is 5.75 Å². The Labute approximate surface area is 91.5 Å². The minimum atomic E-state index is -0.639. The number of nitrogens with zero attached hydrogens (tertiary/aromatic N) is 1. The molecule has 0 aliphatic heterocycles. The third-order valence-corrected chi connectivity index (χ3v) is 2.10. The Balaban J connectivity index is 2.55. The zero-order valence-electron chi connectivity index (χ0n) is 8.60. The van der Waals surface area contributed by atoms with Gasteiger partial charge in [0.15, 0.2) is 17.3 Å². The van der Waals surface area contributed by atoms with E-state index >= 15 is 0 Å². The summed E-state index contributed by atoms with van der Waals surface area (Å²) in [6.45, 7) is 1.64. The Kier molecular flexibility index (Phi) is 2.36. The van der Waals surface area contributed by atoms with Crippen LogP contribution in [0.1, 0.15) is 16.4 Å². The lowest BCUT2D eigenvalue weighted by Gasteiger charge is -1.98. The maximum Gasteiger partial charge on any atom is 0.271 e. The van der Waals surface area contributed by atoms with Crippen LogP contribution in [0.15, 0.2) is 28.7 Å². The molecule has 1 amide bonds. The Morgan fingerprint density at radius 1 is 1.38 bits per heavy atom. The Morgan fingerprint density at radius 3 is 2.56 bits per heavy atom. The normalized spacial score (nSPS) is 10.3. The predicted octanol–water partition coefficient (Wildman–Crippen LogP) is 1.45. The summed E-state index contributed by atoms with van der Waals surface area (Å²) in [5.74, 6) is 0.197. The van der Waals surface area contributed by atoms with E-state index in [0.717, 1.165) is 0 Å². The molecular formula is C11H10N2O3. The molecular weight excluding hydrogens is 208 g/mol. The smallest absolute Gasteiger partial charge is 0.271 e. The van der Waals surface area contributed by atoms with Crippen LogP contribution in [-0.4, -0.2) is 16.0 Å². The molecule has 0 saturated heterocycles. The van der Waals surface area contributed by atoms with Gasteiger partial charge in [-0.1, -0.05) is 0 Å². The van der Waals surface area contributed by atoms with E-state index in [4.69, 9.17) is 15.3 Å². The molecule has 1 heterocycles. The second-order valence-electron chi connectivity index (χ2n) is 3.32. The Morgan fingerprint density at radius 2 is 2.00 bits per heavy atom. The van der Waals surface area contributed by atoms with Crippen molar-refractivity contribution in [3.63, 3.8) is 0 Å². The van der Waals surface area contributed by atoms with Gasteiger partial charge in [-0.3, -0.25) is 4.79 Å². The molecule has 16 heavy (non-hydrogen) atoms. The van der Waals surface area contributed by atoms with Crippen molar-refractivity contribution < 1.29 is 14.3 Å². The highest BCUT2D eigenvalue weighted by molar-refractivity contribution is 5.96. The topological polar surface area (TPSA) is 89.3 Å². The van der Waals surface area contributed by atoms with Gasteiger partial charge >= 0.3 is 0 Å². The van der Waals surface area contributed by atoms with Gasteiger partial charge in [-0.15, -0.1) is 0 Å². The van der Waals surface area contributed by atoms with Crippen LogP contribution < -0.4 is 5.73 Å². The zero-order chi connectivity index (χ0) is 11.7. The number of aromatic hydroxyl groups is 1. The zero-order valence-corrected chi connectivity index (χ0v) is 8.60. The van der Waals surface area contributed by atoms with Gasteiger partial charge in [0.1, 0.15) is 5.75 Å². The summed E-state index contributed by atoms with van der Waals surface area (Å²) in [4.78, 5) is 15.0. The molecule has 1 aromatic heterocycles. The van der Waals surface area contributed by atoms with Gasteiger partial charge in [0, 0.05) is 12.5 Å². The Bertz CT molecular complexity index is 529. The molecule has 3 N–H and O–H groups in total. The molecule has 2 rings (SSSR count). The van der Waals surface area contributed by atoms with Crippen molar-refractivity contribution in [3.8, 4) is 17.1 Å². The number of hydrogen-bond acceptors (Lipinski definition) is 4. The summed E-state index contributed by atoms with van der Waals surface area (Å²) in [5, 5.41) is 9.15. The number of primary amides is 1. The van der Waals surface area contributed by atoms with Crippen LogP contribution in [0.25, 0.3) is 11.3 Å². The number of phenolic OH excluding ortho intramolecular Hbond substituents is 1. The van der Waals surface area contributed by atoms with E-state index in [1.165, 1.54) is 12.1 Å². The number of oxazole rings is 1. The summed E-state index contributed by atoms with van der Waals surface area (Å²) in [6, 6.07) is 6.25. The van der Waals surface area contributed by atoms with Gasteiger partial charge in [0.2, 0.25) is 0 Å². The van der Waals surface area contributed by atoms with Crippen molar-refractivity contribution in [1.29, 1.82) is 0 Å². The summed E-state index contributed by atoms with van der Waals surface area (Å²) >= 11 is 0. The summed E-state index contributed by atoms with van der Waals surface area (Å²) in [5.41, 5.74) is 5.93. The molecule has 0 fully saturated rings. The van der Waals surface area contributed by atoms with E-state index in [2.05, 4.69) is 4.98 Å². The van der Waals surface area contributed by atoms with E-state index in [-0.39, 0.29) is 11.4 Å². The van der Waals surface area contributed by atoms with Crippen molar-refractivity contribution >= 4 is 5.91 Å². The fourth-order valence-corrected chi connectivity index (χ4v) is 1.40. The first kappa shape index (κ1) is 10.2. The molecule has 5 heteroatoms. The largest absolute Gasteiger partial charge is 0.508 e. The SMILES string of the molecule is Cc1nc(C(N)=O)c(-c2ccc(O)cc2)o1. The molecule has 2 aromatic rings. The minimum absolute atomic E-state index is 0.100. The van der Waals surface area contributed by atoms with Crippen LogP contribution in [0, 0.1) is 6.92 Å². The average molecular weight is 218 g/mol. The maximum atomic E-state index is 11.1. The van der Waals surface area contributed by atoms with Crippen molar-refractivity contribution in [2.24, 2.45) is 5.73 Å². The number of carbonyl (C=O) groups excluding carboxylic acids is 1. The lowest BCUT2D eigenvalue weighted by Crippen LogP contribution is -2.12. The fraction of sp³-hybridized carbons (Fsp3) is 0.0909. The highest BCUT2D eigenvalue weighted by Crippen LogP contribution is 2.26. The average Bonchev–Trinajstić information content (AvgIpc) is 2.61. The first-order valence-electron chi connectivity index (χ1n) is 4.64. The third-order valence-electron chi connectivity index (χ3n) is 2.10. The van der Waals surface area contributed by atoms with Gasteiger partial charge in [-0.2, -0.15) is 0 Å².